The predicted molar refractivity (Wildman–Crippen MR) is 101 cm³/mol. The molecule has 0 N–H and O–H groups in total. The highest BCUT2D eigenvalue weighted by Gasteiger charge is 2.24. The van der Waals surface area contributed by atoms with E-state index in [0.29, 0.717) is 16.3 Å². The van der Waals surface area contributed by atoms with Gasteiger partial charge in [0.2, 0.25) is 10.0 Å². The van der Waals surface area contributed by atoms with Gasteiger partial charge in [-0.2, -0.15) is 0 Å². The van der Waals surface area contributed by atoms with Gasteiger partial charge >= 0.3 is 0 Å². The van der Waals surface area contributed by atoms with Gasteiger partial charge < -0.3 is 0 Å². The highest BCUT2D eigenvalue weighted by molar-refractivity contribution is 7.92. The molecule has 4 nitrogen and oxygen atoms in total. The first-order valence-corrected chi connectivity index (χ1v) is 9.73. The number of aromatic nitrogens is 1. The normalized spacial score (nSPS) is 11.2. The Morgan fingerprint density at radius 1 is 0.920 bits per heavy atom. The number of pyridine rings is 1. The van der Waals surface area contributed by atoms with Crippen LogP contribution >= 0.6 is 11.6 Å². The smallest absolute Gasteiger partial charge is 0.239 e. The largest absolute Gasteiger partial charge is 0.265 e. The molecule has 1 heterocycles. The minimum Gasteiger partial charge on any atom is -0.265 e. The molecule has 0 spiro atoms. The van der Waals surface area contributed by atoms with Crippen molar-refractivity contribution < 1.29 is 8.42 Å². The van der Waals surface area contributed by atoms with Gasteiger partial charge in [0, 0.05) is 17.4 Å². The summed E-state index contributed by atoms with van der Waals surface area (Å²) in [6.07, 6.45) is 3.33. The number of para-hydroxylation sites is 1. The van der Waals surface area contributed by atoms with Crippen LogP contribution in [0.3, 0.4) is 0 Å². The van der Waals surface area contributed by atoms with E-state index in [2.05, 4.69) is 4.98 Å². The third kappa shape index (κ3) is 4.38. The fourth-order valence-electron chi connectivity index (χ4n) is 2.49. The van der Waals surface area contributed by atoms with Gasteiger partial charge in [0.25, 0.3) is 0 Å². The lowest BCUT2D eigenvalue weighted by Crippen LogP contribution is -2.31. The lowest BCUT2D eigenvalue weighted by atomic mass is 10.2. The number of hydrogen-bond donors (Lipinski definition) is 0. The molecule has 0 aliphatic carbocycles. The van der Waals surface area contributed by atoms with Crippen LogP contribution < -0.4 is 4.31 Å². The molecule has 0 atom stereocenters. The van der Waals surface area contributed by atoms with Crippen molar-refractivity contribution in [1.29, 1.82) is 0 Å². The Hall–Kier alpha value is -2.37. The second kappa shape index (κ2) is 7.68. The molecule has 0 amide bonds. The summed E-state index contributed by atoms with van der Waals surface area (Å²) in [5.74, 6) is -0.165. The van der Waals surface area contributed by atoms with Crippen molar-refractivity contribution in [2.24, 2.45) is 0 Å². The van der Waals surface area contributed by atoms with Crippen molar-refractivity contribution >= 4 is 27.3 Å². The highest BCUT2D eigenvalue weighted by Crippen LogP contribution is 2.25. The van der Waals surface area contributed by atoms with Gasteiger partial charge in [-0.25, -0.2) is 8.42 Å². The fourth-order valence-corrected chi connectivity index (χ4v) is 4.36. The second-order valence-electron chi connectivity index (χ2n) is 5.55. The molecule has 0 radical (unpaired) electrons. The van der Waals surface area contributed by atoms with Gasteiger partial charge in [0.05, 0.1) is 18.0 Å². The maximum atomic E-state index is 13.1. The molecule has 0 saturated carbocycles. The number of halogens is 1. The molecule has 6 heteroatoms. The van der Waals surface area contributed by atoms with Crippen LogP contribution in [0.5, 0.6) is 0 Å². The molecule has 3 aromatic rings. The SMILES string of the molecule is O=S(=O)(Cc1ccccc1Cl)N(Cc1cccnc1)c1ccccc1. The van der Waals surface area contributed by atoms with Crippen LogP contribution in [-0.2, 0) is 22.3 Å². The Bertz CT molecular complexity index is 932. The van der Waals surface area contributed by atoms with Gasteiger partial charge in [-0.3, -0.25) is 9.29 Å². The lowest BCUT2D eigenvalue weighted by Gasteiger charge is -2.24. The Morgan fingerprint density at radius 3 is 2.32 bits per heavy atom. The van der Waals surface area contributed by atoms with E-state index in [0.717, 1.165) is 5.56 Å². The highest BCUT2D eigenvalue weighted by atomic mass is 35.5. The minimum atomic E-state index is -3.63. The first-order chi connectivity index (χ1) is 12.1. The summed E-state index contributed by atoms with van der Waals surface area (Å²) >= 11 is 6.15. The molecule has 0 saturated heterocycles. The quantitative estimate of drug-likeness (QED) is 0.649. The Morgan fingerprint density at radius 2 is 1.64 bits per heavy atom. The molecule has 0 unspecified atom stereocenters. The maximum Gasteiger partial charge on any atom is 0.239 e. The van der Waals surface area contributed by atoms with E-state index in [-0.39, 0.29) is 12.3 Å². The van der Waals surface area contributed by atoms with E-state index in [1.54, 1.807) is 54.9 Å². The van der Waals surface area contributed by atoms with Crippen LogP contribution in [0, 0.1) is 0 Å². The first-order valence-electron chi connectivity index (χ1n) is 7.74. The van der Waals surface area contributed by atoms with Crippen LogP contribution in [0.25, 0.3) is 0 Å². The number of benzene rings is 2. The number of hydrogen-bond acceptors (Lipinski definition) is 3. The molecular weight excluding hydrogens is 356 g/mol. The zero-order chi connectivity index (χ0) is 17.7. The number of sulfonamides is 1. The van der Waals surface area contributed by atoms with E-state index in [4.69, 9.17) is 11.6 Å². The monoisotopic (exact) mass is 372 g/mol. The summed E-state index contributed by atoms with van der Waals surface area (Å²) in [4.78, 5) is 4.07. The van der Waals surface area contributed by atoms with E-state index >= 15 is 0 Å². The van der Waals surface area contributed by atoms with Crippen LogP contribution in [0.1, 0.15) is 11.1 Å². The van der Waals surface area contributed by atoms with E-state index in [9.17, 15) is 8.42 Å². The van der Waals surface area contributed by atoms with Crippen molar-refractivity contribution in [2.45, 2.75) is 12.3 Å². The molecule has 25 heavy (non-hydrogen) atoms. The Balaban J connectivity index is 1.97. The first kappa shape index (κ1) is 17.5. The number of rotatable bonds is 6. The predicted octanol–water partition coefficient (Wildman–Crippen LogP) is 4.27. The van der Waals surface area contributed by atoms with Crippen LogP contribution in [-0.4, -0.2) is 13.4 Å². The molecular formula is C19H17ClN2O2S. The maximum absolute atomic E-state index is 13.1. The topological polar surface area (TPSA) is 50.3 Å². The van der Waals surface area contributed by atoms with Crippen LogP contribution in [0.4, 0.5) is 5.69 Å². The molecule has 128 valence electrons. The summed E-state index contributed by atoms with van der Waals surface area (Å²) in [5, 5.41) is 0.445. The fraction of sp³-hybridized carbons (Fsp3) is 0.105. The molecule has 2 aromatic carbocycles. The standard InChI is InChI=1S/C19H17ClN2O2S/c20-19-11-5-4-8-17(19)15-25(23,24)22(18-9-2-1-3-10-18)14-16-7-6-12-21-13-16/h1-13H,14-15H2. The average Bonchev–Trinajstić information content (AvgIpc) is 2.63. The molecule has 0 aliphatic rings. The van der Waals surface area contributed by atoms with E-state index in [1.807, 2.05) is 24.3 Å². The van der Waals surface area contributed by atoms with Crippen molar-refractivity contribution in [3.8, 4) is 0 Å². The van der Waals surface area contributed by atoms with E-state index < -0.39 is 10.0 Å². The number of nitrogens with zero attached hydrogens (tertiary/aromatic N) is 2. The Labute approximate surface area is 152 Å². The third-order valence-corrected chi connectivity index (χ3v) is 5.78. The third-order valence-electron chi connectivity index (χ3n) is 3.72. The van der Waals surface area contributed by atoms with Gasteiger partial charge in [-0.05, 0) is 35.4 Å². The summed E-state index contributed by atoms with van der Waals surface area (Å²) < 4.78 is 27.6. The number of anilines is 1. The van der Waals surface area contributed by atoms with Gasteiger partial charge in [-0.1, -0.05) is 54.1 Å². The van der Waals surface area contributed by atoms with Crippen molar-refractivity contribution in [1.82, 2.24) is 4.98 Å². The zero-order valence-corrected chi connectivity index (χ0v) is 15.0. The summed E-state index contributed by atoms with van der Waals surface area (Å²) in [6.45, 7) is 0.213. The van der Waals surface area contributed by atoms with Gasteiger partial charge in [0.15, 0.2) is 0 Å². The summed E-state index contributed by atoms with van der Waals surface area (Å²) in [6, 6.07) is 19.7. The van der Waals surface area contributed by atoms with Crippen molar-refractivity contribution in [2.75, 3.05) is 4.31 Å². The van der Waals surface area contributed by atoms with Crippen LogP contribution in [0.2, 0.25) is 5.02 Å². The Kier molecular flexibility index (Phi) is 5.36. The summed E-state index contributed by atoms with van der Waals surface area (Å²) in [5.41, 5.74) is 2.00. The summed E-state index contributed by atoms with van der Waals surface area (Å²) in [7, 11) is -3.63. The molecule has 0 aliphatic heterocycles. The van der Waals surface area contributed by atoms with Crippen LogP contribution in [0.15, 0.2) is 79.1 Å². The van der Waals surface area contributed by atoms with Crippen molar-refractivity contribution in [3.05, 3.63) is 95.3 Å². The second-order valence-corrected chi connectivity index (χ2v) is 7.85. The minimum absolute atomic E-state index is 0.165. The van der Waals surface area contributed by atoms with Gasteiger partial charge in [0.1, 0.15) is 0 Å². The lowest BCUT2D eigenvalue weighted by molar-refractivity contribution is 0.589. The molecule has 0 bridgehead atoms. The van der Waals surface area contributed by atoms with E-state index in [1.165, 1.54) is 4.31 Å². The zero-order valence-electron chi connectivity index (χ0n) is 13.4. The van der Waals surface area contributed by atoms with Gasteiger partial charge in [-0.15, -0.1) is 0 Å². The average molecular weight is 373 g/mol. The molecule has 1 aromatic heterocycles. The van der Waals surface area contributed by atoms with Crippen molar-refractivity contribution in [3.63, 3.8) is 0 Å². The molecule has 0 fully saturated rings. The molecule has 3 rings (SSSR count).